The van der Waals surface area contributed by atoms with E-state index in [-0.39, 0.29) is 0 Å². The van der Waals surface area contributed by atoms with Crippen molar-refractivity contribution in [1.82, 2.24) is 4.98 Å². The van der Waals surface area contributed by atoms with Gasteiger partial charge >= 0.3 is 0 Å². The first-order valence-corrected chi connectivity index (χ1v) is 7.48. The van der Waals surface area contributed by atoms with Crippen molar-refractivity contribution < 1.29 is 8.42 Å². The van der Waals surface area contributed by atoms with Crippen molar-refractivity contribution >= 4 is 33.1 Å². The normalized spacial score (nSPS) is 11.2. The maximum Gasteiger partial charge on any atom is 0.246 e. The Morgan fingerprint density at radius 2 is 2.00 bits per heavy atom. The van der Waals surface area contributed by atoms with Crippen molar-refractivity contribution in [3.05, 3.63) is 18.3 Å². The van der Waals surface area contributed by atoms with Gasteiger partial charge < -0.3 is 4.90 Å². The van der Waals surface area contributed by atoms with E-state index in [2.05, 4.69) is 14.6 Å². The molecule has 0 aliphatic rings. The molecule has 0 saturated carbocycles. The fraction of sp³-hybridized carbons (Fsp3) is 0.500. The number of nitrogens with one attached hydrogen (secondary N) is 1. The second kappa shape index (κ2) is 6.07. The third-order valence-corrected chi connectivity index (χ3v) is 3.95. The van der Waals surface area contributed by atoms with Crippen molar-refractivity contribution in [2.75, 3.05) is 27.9 Å². The first-order valence-electron chi connectivity index (χ1n) is 5.29. The molecule has 0 fully saturated rings. The van der Waals surface area contributed by atoms with Gasteiger partial charge in [-0.15, -0.1) is 11.6 Å². The van der Waals surface area contributed by atoms with Crippen LogP contribution >= 0.6 is 11.6 Å². The van der Waals surface area contributed by atoms with E-state index in [9.17, 15) is 8.42 Å². The molecule has 0 bridgehead atoms. The third kappa shape index (κ3) is 4.05. The van der Waals surface area contributed by atoms with Crippen LogP contribution in [0.15, 0.2) is 18.3 Å². The maximum absolute atomic E-state index is 11.2. The van der Waals surface area contributed by atoms with E-state index < -0.39 is 15.2 Å². The van der Waals surface area contributed by atoms with Crippen LogP contribution in [0.5, 0.6) is 0 Å². The minimum absolute atomic E-state index is 0.418. The first kappa shape index (κ1) is 14.1. The molecule has 0 aliphatic heterocycles. The number of hydrogen-bond acceptors (Lipinski definition) is 4. The van der Waals surface area contributed by atoms with Gasteiger partial charge in [0.25, 0.3) is 0 Å². The second-order valence-electron chi connectivity index (χ2n) is 3.40. The Morgan fingerprint density at radius 1 is 1.35 bits per heavy atom. The Kier molecular flexibility index (Phi) is 5.02. The SMILES string of the molecule is CCN(CC)c1ccc(NS(=O)(=O)CCl)cn1. The molecule has 0 saturated heterocycles. The zero-order chi connectivity index (χ0) is 12.9. The van der Waals surface area contributed by atoms with Crippen molar-refractivity contribution in [3.8, 4) is 0 Å². The Labute approximate surface area is 107 Å². The number of hydrogen-bond donors (Lipinski definition) is 1. The summed E-state index contributed by atoms with van der Waals surface area (Å²) in [6.45, 7) is 5.79. The molecule has 0 aliphatic carbocycles. The summed E-state index contributed by atoms with van der Waals surface area (Å²) < 4.78 is 24.8. The molecule has 1 N–H and O–H groups in total. The van der Waals surface area contributed by atoms with E-state index >= 15 is 0 Å². The van der Waals surface area contributed by atoms with Crippen LogP contribution in [0.4, 0.5) is 11.5 Å². The lowest BCUT2D eigenvalue weighted by atomic mass is 10.4. The molecule has 0 atom stereocenters. The van der Waals surface area contributed by atoms with Gasteiger partial charge in [0.15, 0.2) is 0 Å². The highest BCUT2D eigenvalue weighted by Crippen LogP contribution is 2.15. The lowest BCUT2D eigenvalue weighted by molar-refractivity contribution is 0.605. The van der Waals surface area contributed by atoms with Crippen molar-refractivity contribution in [1.29, 1.82) is 0 Å². The second-order valence-corrected chi connectivity index (χ2v) is 5.71. The summed E-state index contributed by atoms with van der Waals surface area (Å²) in [7, 11) is -3.45. The van der Waals surface area contributed by atoms with Crippen LogP contribution in [0.1, 0.15) is 13.8 Å². The average molecular weight is 278 g/mol. The van der Waals surface area contributed by atoms with Crippen LogP contribution in [0.2, 0.25) is 0 Å². The summed E-state index contributed by atoms with van der Waals surface area (Å²) in [5.74, 6) is 0.823. The van der Waals surface area contributed by atoms with Gasteiger partial charge in [-0.2, -0.15) is 0 Å². The molecule has 5 nitrogen and oxygen atoms in total. The Hall–Kier alpha value is -1.01. The first-order chi connectivity index (χ1) is 8.02. The van der Waals surface area contributed by atoms with Crippen LogP contribution in [0.25, 0.3) is 0 Å². The van der Waals surface area contributed by atoms with E-state index in [0.717, 1.165) is 18.9 Å². The highest BCUT2D eigenvalue weighted by Gasteiger charge is 2.09. The molecule has 1 rings (SSSR count). The van der Waals surface area contributed by atoms with Crippen molar-refractivity contribution in [2.24, 2.45) is 0 Å². The van der Waals surface area contributed by atoms with E-state index in [0.29, 0.717) is 5.69 Å². The van der Waals surface area contributed by atoms with Crippen molar-refractivity contribution in [2.45, 2.75) is 13.8 Å². The number of alkyl halides is 1. The molecular weight excluding hydrogens is 262 g/mol. The number of halogens is 1. The average Bonchev–Trinajstić information content (AvgIpc) is 2.32. The summed E-state index contributed by atoms with van der Waals surface area (Å²) in [5.41, 5.74) is 0.418. The minimum atomic E-state index is -3.45. The van der Waals surface area contributed by atoms with E-state index in [1.54, 1.807) is 12.1 Å². The summed E-state index contributed by atoms with van der Waals surface area (Å²) in [4.78, 5) is 6.26. The monoisotopic (exact) mass is 277 g/mol. The van der Waals surface area contributed by atoms with Crippen LogP contribution in [0.3, 0.4) is 0 Å². The van der Waals surface area contributed by atoms with Gasteiger partial charge in [0, 0.05) is 13.1 Å². The van der Waals surface area contributed by atoms with Gasteiger partial charge in [-0.3, -0.25) is 4.72 Å². The molecule has 96 valence electrons. The molecular formula is C10H16ClN3O2S. The predicted molar refractivity (Wildman–Crippen MR) is 71.1 cm³/mol. The summed E-state index contributed by atoms with van der Waals surface area (Å²) >= 11 is 5.29. The van der Waals surface area contributed by atoms with Gasteiger partial charge in [-0.05, 0) is 26.0 Å². The quantitative estimate of drug-likeness (QED) is 0.807. The molecule has 0 radical (unpaired) electrons. The van der Waals surface area contributed by atoms with Gasteiger partial charge in [-0.25, -0.2) is 13.4 Å². The maximum atomic E-state index is 11.2. The van der Waals surface area contributed by atoms with E-state index in [1.807, 2.05) is 13.8 Å². The molecule has 0 amide bonds. The topological polar surface area (TPSA) is 62.3 Å². The van der Waals surface area contributed by atoms with Gasteiger partial charge in [0.2, 0.25) is 10.0 Å². The number of aromatic nitrogens is 1. The van der Waals surface area contributed by atoms with E-state index in [4.69, 9.17) is 11.6 Å². The number of nitrogens with zero attached hydrogens (tertiary/aromatic N) is 2. The largest absolute Gasteiger partial charge is 0.357 e. The summed E-state index contributed by atoms with van der Waals surface area (Å²) in [6.07, 6.45) is 1.48. The standard InChI is InChI=1S/C10H16ClN3O2S/c1-3-14(4-2)10-6-5-9(7-12-10)13-17(15,16)8-11/h5-7,13H,3-4,8H2,1-2H3. The van der Waals surface area contributed by atoms with Gasteiger partial charge in [-0.1, -0.05) is 0 Å². The lowest BCUT2D eigenvalue weighted by Gasteiger charge is -2.19. The zero-order valence-corrected chi connectivity index (χ0v) is 11.4. The Balaban J connectivity index is 2.81. The molecule has 7 heteroatoms. The molecule has 0 unspecified atom stereocenters. The number of sulfonamides is 1. The fourth-order valence-electron chi connectivity index (χ4n) is 1.39. The molecule has 1 aromatic heterocycles. The smallest absolute Gasteiger partial charge is 0.246 e. The van der Waals surface area contributed by atoms with Gasteiger partial charge in [0.05, 0.1) is 11.9 Å². The fourth-order valence-corrected chi connectivity index (χ4v) is 2.09. The predicted octanol–water partition coefficient (Wildman–Crippen LogP) is 1.87. The Bertz CT molecular complexity index is 443. The lowest BCUT2D eigenvalue weighted by Crippen LogP contribution is -2.23. The Morgan fingerprint density at radius 3 is 2.41 bits per heavy atom. The molecule has 0 spiro atoms. The van der Waals surface area contributed by atoms with Crippen LogP contribution in [-0.4, -0.2) is 31.7 Å². The number of pyridine rings is 1. The third-order valence-electron chi connectivity index (χ3n) is 2.25. The molecule has 17 heavy (non-hydrogen) atoms. The van der Waals surface area contributed by atoms with Crippen LogP contribution in [-0.2, 0) is 10.0 Å². The summed E-state index contributed by atoms with van der Waals surface area (Å²) in [5, 5.41) is -0.467. The minimum Gasteiger partial charge on any atom is -0.357 e. The molecule has 1 aromatic rings. The highest BCUT2D eigenvalue weighted by molar-refractivity contribution is 7.93. The van der Waals surface area contributed by atoms with Crippen molar-refractivity contribution in [3.63, 3.8) is 0 Å². The summed E-state index contributed by atoms with van der Waals surface area (Å²) in [6, 6.07) is 3.45. The van der Waals surface area contributed by atoms with Crippen LogP contribution < -0.4 is 9.62 Å². The molecule has 1 heterocycles. The number of anilines is 2. The highest BCUT2D eigenvalue weighted by atomic mass is 35.5. The zero-order valence-electron chi connectivity index (χ0n) is 9.85. The van der Waals surface area contributed by atoms with Gasteiger partial charge in [0.1, 0.15) is 11.0 Å². The number of rotatable bonds is 6. The molecule has 0 aromatic carbocycles. The van der Waals surface area contributed by atoms with E-state index in [1.165, 1.54) is 6.20 Å². The van der Waals surface area contributed by atoms with Crippen LogP contribution in [0, 0.1) is 0 Å².